The third kappa shape index (κ3) is 1.48. The van der Waals surface area contributed by atoms with E-state index in [0.717, 1.165) is 10.6 Å². The number of anilines is 2. The van der Waals surface area contributed by atoms with E-state index in [9.17, 15) is 0 Å². The summed E-state index contributed by atoms with van der Waals surface area (Å²) in [5.41, 5.74) is 13.5. The molecule has 1 heterocycles. The van der Waals surface area contributed by atoms with Crippen LogP contribution in [-0.4, -0.2) is 4.98 Å². The number of hydrogen-bond donors (Lipinski definition) is 2. The van der Waals surface area contributed by atoms with Gasteiger partial charge in [-0.1, -0.05) is 0 Å². The van der Waals surface area contributed by atoms with Crippen LogP contribution in [0.4, 0.5) is 11.4 Å². The smallest absolute Gasteiger partial charge is 0.123 e. The molecular weight excluding hydrogens is 182 g/mol. The monoisotopic (exact) mass is 191 g/mol. The van der Waals surface area contributed by atoms with Crippen molar-refractivity contribution in [2.24, 2.45) is 0 Å². The van der Waals surface area contributed by atoms with Gasteiger partial charge in [-0.05, 0) is 18.2 Å². The van der Waals surface area contributed by atoms with Gasteiger partial charge in [0.25, 0.3) is 0 Å². The highest BCUT2D eigenvalue weighted by molar-refractivity contribution is 7.13. The summed E-state index contributed by atoms with van der Waals surface area (Å²) in [5.74, 6) is 0. The molecule has 0 radical (unpaired) electrons. The first-order valence-corrected chi connectivity index (χ1v) is 4.70. The van der Waals surface area contributed by atoms with Gasteiger partial charge in [-0.3, -0.25) is 0 Å². The molecule has 0 amide bonds. The first-order valence-electron chi connectivity index (χ1n) is 3.82. The fourth-order valence-corrected chi connectivity index (χ4v) is 1.71. The van der Waals surface area contributed by atoms with Gasteiger partial charge in [-0.15, -0.1) is 11.3 Å². The molecule has 0 unspecified atom stereocenters. The predicted molar refractivity (Wildman–Crippen MR) is 56.4 cm³/mol. The first kappa shape index (κ1) is 8.07. The molecule has 0 saturated heterocycles. The van der Waals surface area contributed by atoms with Crippen LogP contribution in [0.25, 0.3) is 10.6 Å². The standard InChI is InChI=1S/C9H9N3S/c10-7-2-1-6(5-8(7)11)9-12-3-4-13-9/h1-5H,10-11H2. The van der Waals surface area contributed by atoms with E-state index < -0.39 is 0 Å². The van der Waals surface area contributed by atoms with Crippen molar-refractivity contribution in [1.82, 2.24) is 4.98 Å². The van der Waals surface area contributed by atoms with Gasteiger partial charge in [0.2, 0.25) is 0 Å². The molecule has 2 rings (SSSR count). The molecule has 0 fully saturated rings. The molecular formula is C9H9N3S. The molecule has 1 aromatic carbocycles. The van der Waals surface area contributed by atoms with Crippen molar-refractivity contribution in [2.75, 3.05) is 11.5 Å². The fraction of sp³-hybridized carbons (Fsp3) is 0. The van der Waals surface area contributed by atoms with Crippen molar-refractivity contribution < 1.29 is 0 Å². The summed E-state index contributed by atoms with van der Waals surface area (Å²) in [6, 6.07) is 5.56. The molecule has 2 aromatic rings. The SMILES string of the molecule is Nc1ccc(-c2nccs2)cc1N. The number of nitrogen functional groups attached to an aromatic ring is 2. The maximum atomic E-state index is 5.68. The van der Waals surface area contributed by atoms with Gasteiger partial charge in [0.1, 0.15) is 5.01 Å². The highest BCUT2D eigenvalue weighted by atomic mass is 32.1. The second-order valence-corrected chi connectivity index (χ2v) is 3.58. The highest BCUT2D eigenvalue weighted by Crippen LogP contribution is 2.26. The summed E-state index contributed by atoms with van der Waals surface area (Å²) in [6.45, 7) is 0. The summed E-state index contributed by atoms with van der Waals surface area (Å²) < 4.78 is 0. The highest BCUT2D eigenvalue weighted by Gasteiger charge is 2.01. The number of nitrogens with zero attached hydrogens (tertiary/aromatic N) is 1. The van der Waals surface area contributed by atoms with Crippen LogP contribution in [0.1, 0.15) is 0 Å². The molecule has 3 nitrogen and oxygen atoms in total. The Balaban J connectivity index is 2.49. The van der Waals surface area contributed by atoms with Crippen LogP contribution in [0.3, 0.4) is 0 Å². The van der Waals surface area contributed by atoms with E-state index in [1.165, 1.54) is 0 Å². The normalized spacial score (nSPS) is 10.2. The quantitative estimate of drug-likeness (QED) is 0.677. The Morgan fingerprint density at radius 1 is 1.15 bits per heavy atom. The van der Waals surface area contributed by atoms with E-state index in [2.05, 4.69) is 4.98 Å². The lowest BCUT2D eigenvalue weighted by molar-refractivity contribution is 1.41. The predicted octanol–water partition coefficient (Wildman–Crippen LogP) is 1.97. The average Bonchev–Trinajstić information content (AvgIpc) is 2.62. The van der Waals surface area contributed by atoms with E-state index in [1.54, 1.807) is 23.6 Å². The van der Waals surface area contributed by atoms with Gasteiger partial charge < -0.3 is 11.5 Å². The van der Waals surface area contributed by atoms with Crippen molar-refractivity contribution in [3.05, 3.63) is 29.8 Å². The van der Waals surface area contributed by atoms with Gasteiger partial charge in [0, 0.05) is 17.1 Å². The van der Waals surface area contributed by atoms with Crippen LogP contribution < -0.4 is 11.5 Å². The topological polar surface area (TPSA) is 64.9 Å². The minimum atomic E-state index is 0.604. The lowest BCUT2D eigenvalue weighted by Crippen LogP contribution is -1.93. The Morgan fingerprint density at radius 2 is 2.00 bits per heavy atom. The number of rotatable bonds is 1. The minimum absolute atomic E-state index is 0.604. The molecule has 0 atom stereocenters. The molecule has 4 heteroatoms. The van der Waals surface area contributed by atoms with Crippen LogP contribution in [-0.2, 0) is 0 Å². The van der Waals surface area contributed by atoms with Crippen molar-refractivity contribution in [3.63, 3.8) is 0 Å². The van der Waals surface area contributed by atoms with Crippen molar-refractivity contribution in [2.45, 2.75) is 0 Å². The Hall–Kier alpha value is -1.55. The van der Waals surface area contributed by atoms with E-state index in [-0.39, 0.29) is 0 Å². The molecule has 4 N–H and O–H groups in total. The van der Waals surface area contributed by atoms with Gasteiger partial charge in [-0.25, -0.2) is 4.98 Å². The third-order valence-corrected chi connectivity index (χ3v) is 2.59. The fourth-order valence-electron chi connectivity index (χ4n) is 1.07. The van der Waals surface area contributed by atoms with E-state index in [4.69, 9.17) is 11.5 Å². The van der Waals surface area contributed by atoms with Crippen molar-refractivity contribution in [1.29, 1.82) is 0 Å². The molecule has 1 aromatic heterocycles. The average molecular weight is 191 g/mol. The number of thiazole rings is 1. The summed E-state index contributed by atoms with van der Waals surface area (Å²) >= 11 is 1.58. The van der Waals surface area contributed by atoms with E-state index in [1.807, 2.05) is 17.5 Å². The molecule has 0 saturated carbocycles. The van der Waals surface area contributed by atoms with Crippen LogP contribution in [0.15, 0.2) is 29.8 Å². The van der Waals surface area contributed by atoms with Crippen LogP contribution in [0, 0.1) is 0 Å². The third-order valence-electron chi connectivity index (χ3n) is 1.77. The van der Waals surface area contributed by atoms with Crippen LogP contribution in [0.5, 0.6) is 0 Å². The Kier molecular flexibility index (Phi) is 1.90. The molecule has 0 bridgehead atoms. The Morgan fingerprint density at radius 3 is 2.62 bits per heavy atom. The number of aromatic nitrogens is 1. The minimum Gasteiger partial charge on any atom is -0.397 e. The summed E-state index contributed by atoms with van der Waals surface area (Å²) in [6.07, 6.45) is 1.77. The summed E-state index contributed by atoms with van der Waals surface area (Å²) in [4.78, 5) is 4.18. The van der Waals surface area contributed by atoms with Crippen LogP contribution in [0.2, 0.25) is 0 Å². The largest absolute Gasteiger partial charge is 0.397 e. The second-order valence-electron chi connectivity index (χ2n) is 2.68. The zero-order valence-corrected chi connectivity index (χ0v) is 7.71. The Bertz CT molecular complexity index is 409. The van der Waals surface area contributed by atoms with E-state index >= 15 is 0 Å². The van der Waals surface area contributed by atoms with Gasteiger partial charge >= 0.3 is 0 Å². The molecule has 13 heavy (non-hydrogen) atoms. The Labute approximate surface area is 80.0 Å². The lowest BCUT2D eigenvalue weighted by Gasteiger charge is -2.01. The zero-order valence-electron chi connectivity index (χ0n) is 6.90. The van der Waals surface area contributed by atoms with Crippen molar-refractivity contribution >= 4 is 22.7 Å². The number of benzene rings is 1. The second kappa shape index (κ2) is 3.06. The molecule has 0 aliphatic heterocycles. The molecule has 0 aliphatic carbocycles. The molecule has 66 valence electrons. The van der Waals surface area contributed by atoms with Crippen molar-refractivity contribution in [3.8, 4) is 10.6 Å². The maximum absolute atomic E-state index is 5.68. The van der Waals surface area contributed by atoms with Crippen LogP contribution >= 0.6 is 11.3 Å². The lowest BCUT2D eigenvalue weighted by atomic mass is 10.2. The van der Waals surface area contributed by atoms with Gasteiger partial charge in [0.05, 0.1) is 11.4 Å². The van der Waals surface area contributed by atoms with Gasteiger partial charge in [0.15, 0.2) is 0 Å². The maximum Gasteiger partial charge on any atom is 0.123 e. The summed E-state index contributed by atoms with van der Waals surface area (Å²) in [5, 5.41) is 2.90. The first-order chi connectivity index (χ1) is 6.27. The van der Waals surface area contributed by atoms with Gasteiger partial charge in [-0.2, -0.15) is 0 Å². The summed E-state index contributed by atoms with van der Waals surface area (Å²) in [7, 11) is 0. The molecule has 0 aliphatic rings. The van der Waals surface area contributed by atoms with E-state index in [0.29, 0.717) is 11.4 Å². The zero-order chi connectivity index (χ0) is 9.26. The number of hydrogen-bond acceptors (Lipinski definition) is 4. The number of nitrogens with two attached hydrogens (primary N) is 2. The molecule has 0 spiro atoms.